The summed E-state index contributed by atoms with van der Waals surface area (Å²) in [6.45, 7) is 1.74. The first kappa shape index (κ1) is 20.1. The Morgan fingerprint density at radius 1 is 1.18 bits per heavy atom. The maximum atomic E-state index is 12.7. The van der Waals surface area contributed by atoms with Crippen LogP contribution in [0.5, 0.6) is 0 Å². The molecule has 146 valence electrons. The van der Waals surface area contributed by atoms with Gasteiger partial charge in [0.05, 0.1) is 29.1 Å². The van der Waals surface area contributed by atoms with Crippen molar-refractivity contribution in [2.45, 2.75) is 30.7 Å². The van der Waals surface area contributed by atoms with Crippen LogP contribution < -0.4 is 5.32 Å². The molecule has 7 heteroatoms. The molecular formula is C21H23N3O3S. The zero-order chi connectivity index (χ0) is 20.3. The molecule has 1 aliphatic rings. The van der Waals surface area contributed by atoms with Crippen LogP contribution in [0, 0.1) is 24.2 Å². The molecular weight excluding hydrogens is 374 g/mol. The molecule has 1 aliphatic carbocycles. The number of amides is 1. The van der Waals surface area contributed by atoms with Gasteiger partial charge >= 0.3 is 0 Å². The highest BCUT2D eigenvalue weighted by Gasteiger charge is 2.34. The molecule has 2 aromatic rings. The summed E-state index contributed by atoms with van der Waals surface area (Å²) >= 11 is 0. The average molecular weight is 398 g/mol. The molecule has 1 atom stereocenters. The average Bonchev–Trinajstić information content (AvgIpc) is 3.52. The number of rotatable bonds is 7. The van der Waals surface area contributed by atoms with Gasteiger partial charge in [-0.3, -0.25) is 4.79 Å². The minimum Gasteiger partial charge on any atom is -0.348 e. The third-order valence-corrected chi connectivity index (χ3v) is 6.72. The lowest BCUT2D eigenvalue weighted by molar-refractivity contribution is -0.122. The Balaban J connectivity index is 1.68. The number of hydrogen-bond donors (Lipinski definition) is 1. The Morgan fingerprint density at radius 2 is 1.79 bits per heavy atom. The van der Waals surface area contributed by atoms with Gasteiger partial charge in [0, 0.05) is 7.05 Å². The molecule has 1 saturated carbocycles. The molecule has 28 heavy (non-hydrogen) atoms. The highest BCUT2D eigenvalue weighted by molar-refractivity contribution is 7.89. The maximum Gasteiger partial charge on any atom is 0.243 e. The number of nitrogens with zero attached hydrogens (tertiary/aromatic N) is 2. The number of carbonyl (C=O) groups is 1. The number of aryl methyl sites for hydroxylation is 1. The SMILES string of the molecule is Cc1ccc(C(NC(=O)CN(C)S(=O)(=O)c2ccc(C#N)cc2)C2CC2)cc1. The number of carbonyl (C=O) groups excluding carboxylic acids is 1. The molecule has 0 radical (unpaired) electrons. The minimum atomic E-state index is -3.81. The predicted octanol–water partition coefficient (Wildman–Crippen LogP) is 2.75. The van der Waals surface area contributed by atoms with Gasteiger partial charge in [0.2, 0.25) is 15.9 Å². The zero-order valence-corrected chi connectivity index (χ0v) is 16.7. The first-order valence-corrected chi connectivity index (χ1v) is 10.6. The van der Waals surface area contributed by atoms with Gasteiger partial charge in [-0.15, -0.1) is 0 Å². The zero-order valence-electron chi connectivity index (χ0n) is 15.9. The molecule has 2 aromatic carbocycles. The molecule has 3 rings (SSSR count). The van der Waals surface area contributed by atoms with E-state index in [0.717, 1.165) is 28.3 Å². The van der Waals surface area contributed by atoms with Crippen LogP contribution in [0.25, 0.3) is 0 Å². The molecule has 1 fully saturated rings. The van der Waals surface area contributed by atoms with E-state index in [1.165, 1.54) is 31.3 Å². The second kappa shape index (κ2) is 8.13. The number of nitriles is 1. The number of benzene rings is 2. The summed E-state index contributed by atoms with van der Waals surface area (Å²) in [6.07, 6.45) is 2.11. The summed E-state index contributed by atoms with van der Waals surface area (Å²) in [5, 5.41) is 11.8. The Labute approximate surface area is 165 Å². The van der Waals surface area contributed by atoms with Crippen molar-refractivity contribution in [3.8, 4) is 6.07 Å². The third-order valence-electron chi connectivity index (χ3n) is 4.90. The van der Waals surface area contributed by atoms with Crippen LogP contribution in [0.15, 0.2) is 53.4 Å². The van der Waals surface area contributed by atoms with E-state index in [1.807, 2.05) is 37.3 Å². The van der Waals surface area contributed by atoms with Gasteiger partial charge in [0.1, 0.15) is 0 Å². The van der Waals surface area contributed by atoms with E-state index in [9.17, 15) is 13.2 Å². The lowest BCUT2D eigenvalue weighted by Gasteiger charge is -2.22. The largest absolute Gasteiger partial charge is 0.348 e. The Morgan fingerprint density at radius 3 is 2.32 bits per heavy atom. The quantitative estimate of drug-likeness (QED) is 0.778. The summed E-state index contributed by atoms with van der Waals surface area (Å²) in [5.74, 6) is 0.0595. The summed E-state index contributed by atoms with van der Waals surface area (Å²) in [7, 11) is -2.43. The van der Waals surface area contributed by atoms with Crippen LogP contribution in [0.1, 0.15) is 35.6 Å². The van der Waals surface area contributed by atoms with Gasteiger partial charge in [0.15, 0.2) is 0 Å². The van der Waals surface area contributed by atoms with Crippen LogP contribution in [0.4, 0.5) is 0 Å². The minimum absolute atomic E-state index is 0.0547. The molecule has 0 spiro atoms. The lowest BCUT2D eigenvalue weighted by atomic mass is 10.0. The summed E-state index contributed by atoms with van der Waals surface area (Å²) in [5.41, 5.74) is 2.57. The molecule has 6 nitrogen and oxygen atoms in total. The van der Waals surface area contributed by atoms with E-state index in [0.29, 0.717) is 11.5 Å². The Bertz CT molecular complexity index is 989. The van der Waals surface area contributed by atoms with Gasteiger partial charge in [-0.2, -0.15) is 9.57 Å². The van der Waals surface area contributed by atoms with Crippen LogP contribution >= 0.6 is 0 Å². The van der Waals surface area contributed by atoms with Crippen LogP contribution in [0.2, 0.25) is 0 Å². The molecule has 1 amide bonds. The summed E-state index contributed by atoms with van der Waals surface area (Å²) < 4.78 is 26.4. The monoisotopic (exact) mass is 397 g/mol. The smallest absolute Gasteiger partial charge is 0.243 e. The molecule has 0 aliphatic heterocycles. The normalized spacial score (nSPS) is 15.1. The van der Waals surface area contributed by atoms with Crippen molar-refractivity contribution < 1.29 is 13.2 Å². The Kier molecular flexibility index (Phi) is 5.82. The molecule has 1 N–H and O–H groups in total. The van der Waals surface area contributed by atoms with E-state index < -0.39 is 10.0 Å². The van der Waals surface area contributed by atoms with Crippen molar-refractivity contribution in [2.24, 2.45) is 5.92 Å². The first-order valence-electron chi connectivity index (χ1n) is 9.13. The maximum absolute atomic E-state index is 12.7. The standard InChI is InChI=1S/C21H23N3O3S/c1-15-3-7-17(8-4-15)21(18-9-10-18)23-20(25)14-24(2)28(26,27)19-11-5-16(13-22)6-12-19/h3-8,11-12,18,21H,9-10,14H2,1-2H3,(H,23,25). The van der Waals surface area contributed by atoms with Gasteiger partial charge < -0.3 is 5.32 Å². The number of nitrogens with one attached hydrogen (secondary N) is 1. The fourth-order valence-electron chi connectivity index (χ4n) is 3.06. The van der Waals surface area contributed by atoms with Crippen molar-refractivity contribution in [3.63, 3.8) is 0 Å². The molecule has 0 saturated heterocycles. The topological polar surface area (TPSA) is 90.3 Å². The fraction of sp³-hybridized carbons (Fsp3) is 0.333. The predicted molar refractivity (Wildman–Crippen MR) is 106 cm³/mol. The van der Waals surface area contributed by atoms with Gasteiger partial charge in [-0.05, 0) is 55.5 Å². The molecule has 0 bridgehead atoms. The Hall–Kier alpha value is -2.69. The highest BCUT2D eigenvalue weighted by atomic mass is 32.2. The van der Waals surface area contributed by atoms with Crippen LogP contribution in [-0.4, -0.2) is 32.2 Å². The second-order valence-corrected chi connectivity index (χ2v) is 9.24. The van der Waals surface area contributed by atoms with Crippen molar-refractivity contribution in [1.29, 1.82) is 5.26 Å². The number of sulfonamides is 1. The summed E-state index contributed by atoms with van der Waals surface area (Å²) in [4.78, 5) is 12.6. The third kappa shape index (κ3) is 4.58. The molecule has 0 aromatic heterocycles. The van der Waals surface area contributed by atoms with Crippen LogP contribution in [-0.2, 0) is 14.8 Å². The lowest BCUT2D eigenvalue weighted by Crippen LogP contribution is -2.40. The number of likely N-dealkylation sites (N-methyl/N-ethyl adjacent to an activating group) is 1. The van der Waals surface area contributed by atoms with Crippen LogP contribution in [0.3, 0.4) is 0 Å². The first-order chi connectivity index (χ1) is 13.3. The van der Waals surface area contributed by atoms with E-state index in [1.54, 1.807) is 0 Å². The van der Waals surface area contributed by atoms with E-state index in [4.69, 9.17) is 5.26 Å². The van der Waals surface area contributed by atoms with Gasteiger partial charge in [0.25, 0.3) is 0 Å². The summed E-state index contributed by atoms with van der Waals surface area (Å²) in [6, 6.07) is 15.5. The van der Waals surface area contributed by atoms with Gasteiger partial charge in [-0.1, -0.05) is 29.8 Å². The molecule has 0 heterocycles. The highest BCUT2D eigenvalue weighted by Crippen LogP contribution is 2.41. The number of hydrogen-bond acceptors (Lipinski definition) is 4. The van der Waals surface area contributed by atoms with E-state index >= 15 is 0 Å². The van der Waals surface area contributed by atoms with Crippen molar-refractivity contribution >= 4 is 15.9 Å². The fourth-order valence-corrected chi connectivity index (χ4v) is 4.19. The van der Waals surface area contributed by atoms with E-state index in [-0.39, 0.29) is 23.4 Å². The van der Waals surface area contributed by atoms with Crippen molar-refractivity contribution in [2.75, 3.05) is 13.6 Å². The second-order valence-electron chi connectivity index (χ2n) is 7.19. The van der Waals surface area contributed by atoms with Gasteiger partial charge in [-0.25, -0.2) is 8.42 Å². The van der Waals surface area contributed by atoms with Crippen molar-refractivity contribution in [1.82, 2.24) is 9.62 Å². The molecule has 1 unspecified atom stereocenters. The van der Waals surface area contributed by atoms with Crippen molar-refractivity contribution in [3.05, 3.63) is 65.2 Å². The van der Waals surface area contributed by atoms with E-state index in [2.05, 4.69) is 5.32 Å².